The van der Waals surface area contributed by atoms with E-state index in [1.807, 2.05) is 0 Å². The minimum Gasteiger partial charge on any atom is -0.394 e. The first-order valence-corrected chi connectivity index (χ1v) is 33.1. The lowest BCUT2D eigenvalue weighted by molar-refractivity contribution is -0.396. The Morgan fingerprint density at radius 3 is 0.875 bits per heavy atom. The van der Waals surface area contributed by atoms with Crippen LogP contribution in [0.25, 0.3) is 0 Å². The van der Waals surface area contributed by atoms with Crippen molar-refractivity contribution < 1.29 is 202 Å². The predicted octanol–water partition coefficient (Wildman–Crippen LogP) is -17.7. The molecule has 0 unspecified atom stereocenters. The summed E-state index contributed by atoms with van der Waals surface area (Å²) in [5, 5.41) is 245. The van der Waals surface area contributed by atoms with Crippen molar-refractivity contribution in [1.29, 1.82) is 0 Å². The first kappa shape index (κ1) is 85.5. The lowest BCUT2D eigenvalue weighted by Gasteiger charge is -2.51. The van der Waals surface area contributed by atoms with Gasteiger partial charge in [0.15, 0.2) is 50.3 Å². The monoisotopic (exact) mass is 1520 g/mol. The van der Waals surface area contributed by atoms with Crippen molar-refractivity contribution >= 4 is 29.5 Å². The second kappa shape index (κ2) is 37.5. The molecule has 8 fully saturated rings. The molecule has 26 N–H and O–H groups in total. The van der Waals surface area contributed by atoms with Gasteiger partial charge >= 0.3 is 0 Å². The highest BCUT2D eigenvalue weighted by atomic mass is 16.8. The van der Waals surface area contributed by atoms with Gasteiger partial charge in [0, 0.05) is 34.6 Å². The molecule has 0 aromatic carbocycles. The Kier molecular flexibility index (Phi) is 30.9. The van der Waals surface area contributed by atoms with Gasteiger partial charge in [-0.05, 0) is 0 Å². The highest BCUT2D eigenvalue weighted by Gasteiger charge is 2.60. The molecule has 46 heteroatoms. The van der Waals surface area contributed by atoms with E-state index in [0.717, 1.165) is 34.6 Å². The molecule has 0 aromatic rings. The van der Waals surface area contributed by atoms with Crippen LogP contribution in [0.3, 0.4) is 0 Å². The highest BCUT2D eigenvalue weighted by Crippen LogP contribution is 2.39. The highest BCUT2D eigenvalue weighted by molar-refractivity contribution is 5.75. The van der Waals surface area contributed by atoms with Crippen LogP contribution in [0.5, 0.6) is 0 Å². The average Bonchev–Trinajstić information content (AvgIpc) is 0.773. The van der Waals surface area contributed by atoms with Crippen LogP contribution in [0.1, 0.15) is 34.6 Å². The molecule has 8 saturated heterocycles. The lowest BCUT2D eigenvalue weighted by Crippen LogP contribution is -2.71. The largest absolute Gasteiger partial charge is 0.394 e. The molecule has 0 saturated carbocycles. The minimum atomic E-state index is -2.51. The molecular formula is C58H97N5O41. The fraction of sp³-hybridized carbons (Fsp3) is 0.914. The van der Waals surface area contributed by atoms with Gasteiger partial charge < -0.3 is 205 Å². The Morgan fingerprint density at radius 2 is 0.510 bits per heavy atom. The standard InChI is InChI=1S/C58H97N5O41/c1-14(71)59-27-39(83)45(23(10-68)91-51(27)89)99-54-30(62-17(4)74)41(85)47(25(12-70)96-54)101-56-44(88)48(102-58-50(43(87)35(79)22(9-67)95-58)104-53-29(61-16(3)73)38(82)33(77)20(7-65)93-53)36(80)26(98-56)13-90-57-49(42(86)34(78)21(8-66)94-57)103-55-31(63-18(5)75)40(84)46(24(11-69)97-55)100-52-28(60-15(2)72)37(81)32(76)19(6-64)92-52/h19-58,64-70,76-89H,6-13H2,1-5H3,(H,59,71)(H,60,72)(H,61,73)(H,62,74)(H,63,75)/t19-,20-,21-,22-,23-,24-,25-,26-,27-,28-,29-,30-,31-,32+,33-,34-,35-,36-,37-,38-,39-,40-,41-,42+,43+,44+,45-,46-,47-,48+,49+,50+,51-,52+,53+,54+,55+,56+,57+,58-/m1/s1. The second-order valence-electron chi connectivity index (χ2n) is 26.1. The lowest BCUT2D eigenvalue weighted by atomic mass is 9.93. The van der Waals surface area contributed by atoms with Crippen LogP contribution >= 0.6 is 0 Å². The molecule has 40 atom stereocenters. The Balaban J connectivity index is 1.14. The zero-order valence-electron chi connectivity index (χ0n) is 56.3. The van der Waals surface area contributed by atoms with E-state index in [0.29, 0.717) is 0 Å². The smallest absolute Gasteiger partial charge is 0.217 e. The summed E-state index contributed by atoms with van der Waals surface area (Å²) < 4.78 is 89.3. The van der Waals surface area contributed by atoms with Gasteiger partial charge in [-0.1, -0.05) is 0 Å². The molecule has 5 amide bonds. The minimum absolute atomic E-state index is 0.771. The number of aliphatic hydroxyl groups excluding tert-OH is 21. The van der Waals surface area contributed by atoms with Crippen molar-refractivity contribution in [2.24, 2.45) is 0 Å². The molecule has 0 aliphatic carbocycles. The van der Waals surface area contributed by atoms with Crippen LogP contribution in [0.2, 0.25) is 0 Å². The summed E-state index contributed by atoms with van der Waals surface area (Å²) in [4.78, 5) is 62.6. The number of ether oxygens (including phenoxy) is 15. The number of amides is 5. The molecule has 0 radical (unpaired) electrons. The quantitative estimate of drug-likeness (QED) is 0.0363. The first-order valence-electron chi connectivity index (χ1n) is 33.1. The molecule has 46 nitrogen and oxygen atoms in total. The van der Waals surface area contributed by atoms with Gasteiger partial charge in [0.2, 0.25) is 29.5 Å². The molecule has 0 bridgehead atoms. The van der Waals surface area contributed by atoms with Gasteiger partial charge in [0.1, 0.15) is 195 Å². The van der Waals surface area contributed by atoms with Crippen molar-refractivity contribution in [3.8, 4) is 0 Å². The van der Waals surface area contributed by atoms with E-state index >= 15 is 0 Å². The van der Waals surface area contributed by atoms with E-state index < -0.39 is 328 Å². The zero-order valence-corrected chi connectivity index (χ0v) is 56.3. The molecule has 600 valence electrons. The van der Waals surface area contributed by atoms with E-state index in [2.05, 4.69) is 26.6 Å². The average molecular weight is 1520 g/mol. The number of carbonyl (C=O) groups excluding carboxylic acids is 5. The fourth-order valence-electron chi connectivity index (χ4n) is 13.4. The third kappa shape index (κ3) is 19.2. The van der Waals surface area contributed by atoms with Crippen LogP contribution in [0.15, 0.2) is 0 Å². The summed E-state index contributed by atoms with van der Waals surface area (Å²) in [6.45, 7) is -3.56. The first-order chi connectivity index (χ1) is 49.2. The van der Waals surface area contributed by atoms with Crippen molar-refractivity contribution in [2.45, 2.75) is 280 Å². The van der Waals surface area contributed by atoms with Gasteiger partial charge in [0.05, 0.1) is 52.9 Å². The summed E-state index contributed by atoms with van der Waals surface area (Å²) in [7, 11) is 0. The summed E-state index contributed by atoms with van der Waals surface area (Å²) in [5.74, 6) is -4.24. The summed E-state index contributed by atoms with van der Waals surface area (Å²) >= 11 is 0. The topological polar surface area (TPSA) is 709 Å². The van der Waals surface area contributed by atoms with Crippen molar-refractivity contribution in [3.63, 3.8) is 0 Å². The van der Waals surface area contributed by atoms with Crippen molar-refractivity contribution in [3.05, 3.63) is 0 Å². The molecule has 8 rings (SSSR count). The molecule has 8 aliphatic heterocycles. The number of hydrogen-bond acceptors (Lipinski definition) is 41. The molecule has 8 aliphatic rings. The predicted molar refractivity (Wildman–Crippen MR) is 322 cm³/mol. The summed E-state index contributed by atoms with van der Waals surface area (Å²) in [5.41, 5.74) is 0. The van der Waals surface area contributed by atoms with Crippen LogP contribution in [-0.2, 0) is 95.0 Å². The van der Waals surface area contributed by atoms with E-state index in [-0.39, 0.29) is 0 Å². The third-order valence-electron chi connectivity index (χ3n) is 18.7. The van der Waals surface area contributed by atoms with Gasteiger partial charge in [-0.2, -0.15) is 0 Å². The molecule has 104 heavy (non-hydrogen) atoms. The summed E-state index contributed by atoms with van der Waals surface area (Å²) in [6.07, 6.45) is -71.2. The Bertz CT molecular complexity index is 2770. The molecule has 0 spiro atoms. The number of carbonyl (C=O) groups is 5. The van der Waals surface area contributed by atoms with E-state index in [1.165, 1.54) is 0 Å². The maximum absolute atomic E-state index is 12.9. The second-order valence-corrected chi connectivity index (χ2v) is 26.1. The number of nitrogens with one attached hydrogen (secondary N) is 5. The summed E-state index contributed by atoms with van der Waals surface area (Å²) in [6, 6.07) is -8.78. The molecule has 0 aromatic heterocycles. The number of aliphatic hydroxyl groups is 21. The Labute approximate surface area is 589 Å². The van der Waals surface area contributed by atoms with Crippen molar-refractivity contribution in [1.82, 2.24) is 26.6 Å². The van der Waals surface area contributed by atoms with Crippen LogP contribution in [0.4, 0.5) is 0 Å². The normalized spacial score (nSPS) is 47.2. The maximum atomic E-state index is 12.9. The molecular weight excluding hydrogens is 1420 g/mol. The van der Waals surface area contributed by atoms with E-state index in [4.69, 9.17) is 71.1 Å². The van der Waals surface area contributed by atoms with Crippen molar-refractivity contribution in [2.75, 3.05) is 52.9 Å². The number of rotatable bonds is 27. The van der Waals surface area contributed by atoms with Crippen LogP contribution in [-0.4, -0.2) is 435 Å². The Hall–Kier alpha value is -4.09. The third-order valence-corrected chi connectivity index (χ3v) is 18.7. The van der Waals surface area contributed by atoms with Crippen LogP contribution < -0.4 is 26.6 Å². The van der Waals surface area contributed by atoms with Gasteiger partial charge in [-0.25, -0.2) is 0 Å². The van der Waals surface area contributed by atoms with E-state index in [9.17, 15) is 131 Å². The maximum Gasteiger partial charge on any atom is 0.217 e. The zero-order chi connectivity index (χ0) is 76.8. The van der Waals surface area contributed by atoms with E-state index in [1.54, 1.807) is 0 Å². The SMILES string of the molecule is CC(=O)N[C@@H]1[C@@H](O)[C@H](O[C@@H]2O[C@H](CO)[C@@H](O[C@@H]3O[C@H](CO[C@H]4O[C@H](CO)[C@@H](O)[C@H](O)[C@@H]4O[C@@H]4O[C@H](CO)[C@@H](O[C@@H]5O[C@H](CO)[C@H](O)[C@H](O)[C@H]5NC(C)=O)[C@H](O)[C@H]4NC(C)=O)[C@@H](O)[C@H](O[C@H]4O[C@H](CO)[C@@H](O)[C@H](O)[C@@H]4O[C@@H]4O[C@H](CO)[C@@H](O)[C@H](O)[C@H]4NC(C)=O)[C@@H]3O)[C@H](O)[C@H]2NC(C)=O)[C@@H](CO)O[C@H]1O. The fourth-order valence-corrected chi connectivity index (χ4v) is 13.4. The number of hydrogen-bond donors (Lipinski definition) is 26. The van der Waals surface area contributed by atoms with Gasteiger partial charge in [-0.3, -0.25) is 24.0 Å². The van der Waals surface area contributed by atoms with Crippen LogP contribution in [0, 0.1) is 0 Å². The van der Waals surface area contributed by atoms with Gasteiger partial charge in [-0.15, -0.1) is 0 Å². The Morgan fingerprint density at radius 1 is 0.250 bits per heavy atom. The van der Waals surface area contributed by atoms with Gasteiger partial charge in [0.25, 0.3) is 0 Å². The molecule has 8 heterocycles.